The molecule has 0 heterocycles. The van der Waals surface area contributed by atoms with Gasteiger partial charge in [0, 0.05) is 11.0 Å². The van der Waals surface area contributed by atoms with Crippen molar-refractivity contribution in [3.63, 3.8) is 0 Å². The summed E-state index contributed by atoms with van der Waals surface area (Å²) in [7, 11) is 4.18. The molecule has 0 nitrogen and oxygen atoms in total. The van der Waals surface area contributed by atoms with Gasteiger partial charge in [0.15, 0.2) is 0 Å². The van der Waals surface area contributed by atoms with E-state index in [4.69, 9.17) is 0 Å². The van der Waals surface area contributed by atoms with Crippen molar-refractivity contribution in [1.29, 1.82) is 0 Å². The first kappa shape index (κ1) is 19.7. The topological polar surface area (TPSA) is 0 Å². The van der Waals surface area contributed by atoms with Crippen LogP contribution in [0.5, 0.6) is 0 Å². The van der Waals surface area contributed by atoms with E-state index < -0.39 is 0 Å². The Morgan fingerprint density at radius 1 is 0.737 bits per heavy atom. The van der Waals surface area contributed by atoms with E-state index in [0.29, 0.717) is 0 Å². The summed E-state index contributed by atoms with van der Waals surface area (Å²) in [5.41, 5.74) is 0. The maximum absolute atomic E-state index is 2.46. The van der Waals surface area contributed by atoms with Crippen LogP contribution in [0.2, 0.25) is 0 Å². The number of unbranched alkanes of at least 4 members (excludes halogenated alkanes) is 6. The van der Waals surface area contributed by atoms with Crippen molar-refractivity contribution in [2.24, 2.45) is 5.92 Å². The van der Waals surface area contributed by atoms with Crippen molar-refractivity contribution in [2.45, 2.75) is 97.2 Å². The third-order valence-corrected chi connectivity index (χ3v) is 6.94. The predicted molar refractivity (Wildman–Crippen MR) is 96.2 cm³/mol. The molecule has 0 spiro atoms. The quantitative estimate of drug-likeness (QED) is 0.243. The Bertz CT molecular complexity index is 159. The van der Waals surface area contributed by atoms with Crippen molar-refractivity contribution >= 4 is 21.6 Å². The molecule has 0 aliphatic heterocycles. The summed E-state index contributed by atoms with van der Waals surface area (Å²) in [5, 5.41) is 0.841. The lowest BCUT2D eigenvalue weighted by Crippen LogP contribution is -2.13. The molecule has 0 fully saturated rings. The molecule has 0 aromatic rings. The summed E-state index contributed by atoms with van der Waals surface area (Å²) in [6.45, 7) is 9.33. The molecule has 19 heavy (non-hydrogen) atoms. The molecule has 0 saturated heterocycles. The van der Waals surface area contributed by atoms with E-state index in [1.807, 2.05) is 10.8 Å². The largest absolute Gasteiger partial charge is 0.0942 e. The molecule has 0 N–H and O–H groups in total. The highest BCUT2D eigenvalue weighted by Crippen LogP contribution is 2.35. The molecule has 0 bridgehead atoms. The Labute approximate surface area is 130 Å². The van der Waals surface area contributed by atoms with Crippen LogP contribution in [0, 0.1) is 5.92 Å². The molecule has 1 atom stereocenters. The van der Waals surface area contributed by atoms with Gasteiger partial charge >= 0.3 is 0 Å². The van der Waals surface area contributed by atoms with Gasteiger partial charge in [0.25, 0.3) is 0 Å². The molecule has 2 heteroatoms. The van der Waals surface area contributed by atoms with E-state index in [-0.39, 0.29) is 0 Å². The second-order valence-corrected chi connectivity index (χ2v) is 8.70. The molecule has 116 valence electrons. The fourth-order valence-electron chi connectivity index (χ4n) is 2.53. The number of hydrogen-bond acceptors (Lipinski definition) is 2. The first-order valence-electron chi connectivity index (χ1n) is 8.54. The van der Waals surface area contributed by atoms with Gasteiger partial charge in [-0.3, -0.25) is 0 Å². The van der Waals surface area contributed by atoms with Gasteiger partial charge in [0.05, 0.1) is 0 Å². The van der Waals surface area contributed by atoms with Crippen LogP contribution in [0.25, 0.3) is 0 Å². The van der Waals surface area contributed by atoms with Gasteiger partial charge < -0.3 is 0 Å². The van der Waals surface area contributed by atoms with Gasteiger partial charge in [-0.25, -0.2) is 0 Å². The van der Waals surface area contributed by atoms with E-state index in [1.165, 1.54) is 70.0 Å². The summed E-state index contributed by atoms with van der Waals surface area (Å²) >= 11 is 0. The van der Waals surface area contributed by atoms with Crippen LogP contribution in [0.3, 0.4) is 0 Å². The Hall–Kier alpha value is 0.700. The molecule has 0 radical (unpaired) electrons. The Kier molecular flexibility index (Phi) is 15.7. The van der Waals surface area contributed by atoms with Crippen LogP contribution in [0.1, 0.15) is 91.9 Å². The highest BCUT2D eigenvalue weighted by atomic mass is 33.1. The highest BCUT2D eigenvalue weighted by molar-refractivity contribution is 8.76. The lowest BCUT2D eigenvalue weighted by molar-refractivity contribution is 0.404. The zero-order valence-corrected chi connectivity index (χ0v) is 15.4. The maximum atomic E-state index is 2.46. The van der Waals surface area contributed by atoms with E-state index in [2.05, 4.69) is 38.5 Å². The fraction of sp³-hybridized carbons (Fsp3) is 1.00. The second kappa shape index (κ2) is 15.1. The third-order valence-electron chi connectivity index (χ3n) is 3.86. The first-order valence-corrected chi connectivity index (χ1v) is 10.9. The number of rotatable bonds is 14. The lowest BCUT2D eigenvalue weighted by Gasteiger charge is -2.23. The van der Waals surface area contributed by atoms with Gasteiger partial charge in [0.1, 0.15) is 0 Å². The summed E-state index contributed by atoms with van der Waals surface area (Å²) < 4.78 is 0. The van der Waals surface area contributed by atoms with Gasteiger partial charge in [-0.2, -0.15) is 0 Å². The van der Waals surface area contributed by atoms with Crippen LogP contribution in [-0.2, 0) is 0 Å². The monoisotopic (exact) mass is 304 g/mol. The Morgan fingerprint density at radius 3 is 1.68 bits per heavy atom. The van der Waals surface area contributed by atoms with Crippen molar-refractivity contribution in [3.8, 4) is 0 Å². The standard InChI is InChI=1S/C17H36S2/c1-5-8-10-12-14-17(15-13-11-9-6-2)16(4)19-18-7-3/h16-17H,5-15H2,1-4H3. The maximum Gasteiger partial charge on any atom is 0.0151 e. The zero-order chi connectivity index (χ0) is 14.3. The van der Waals surface area contributed by atoms with Crippen LogP contribution >= 0.6 is 21.6 Å². The van der Waals surface area contributed by atoms with Crippen molar-refractivity contribution in [1.82, 2.24) is 0 Å². The molecule has 1 unspecified atom stereocenters. The Balaban J connectivity index is 3.91. The lowest BCUT2D eigenvalue weighted by atomic mass is 9.92. The molecule has 0 aliphatic rings. The van der Waals surface area contributed by atoms with E-state index in [9.17, 15) is 0 Å². The van der Waals surface area contributed by atoms with Crippen molar-refractivity contribution < 1.29 is 0 Å². The van der Waals surface area contributed by atoms with Crippen molar-refractivity contribution in [3.05, 3.63) is 0 Å². The molecule has 0 saturated carbocycles. The van der Waals surface area contributed by atoms with Gasteiger partial charge in [-0.1, -0.05) is 101 Å². The van der Waals surface area contributed by atoms with Gasteiger partial charge in [-0.15, -0.1) is 0 Å². The Morgan fingerprint density at radius 2 is 1.26 bits per heavy atom. The molecule has 0 amide bonds. The molecular weight excluding hydrogens is 268 g/mol. The van der Waals surface area contributed by atoms with Crippen LogP contribution < -0.4 is 0 Å². The number of hydrogen-bond donors (Lipinski definition) is 0. The predicted octanol–water partition coefficient (Wildman–Crippen LogP) is 7.33. The average Bonchev–Trinajstić information content (AvgIpc) is 2.43. The van der Waals surface area contributed by atoms with Crippen molar-refractivity contribution in [2.75, 3.05) is 5.75 Å². The minimum Gasteiger partial charge on any atom is -0.0942 e. The van der Waals surface area contributed by atoms with E-state index >= 15 is 0 Å². The molecule has 0 rings (SSSR count). The van der Waals surface area contributed by atoms with Crippen LogP contribution in [0.4, 0.5) is 0 Å². The molecule has 0 aliphatic carbocycles. The second-order valence-electron chi connectivity index (χ2n) is 5.67. The summed E-state index contributed by atoms with van der Waals surface area (Å²) in [5.74, 6) is 2.20. The van der Waals surface area contributed by atoms with Crippen LogP contribution in [-0.4, -0.2) is 11.0 Å². The highest BCUT2D eigenvalue weighted by Gasteiger charge is 2.17. The molecular formula is C17H36S2. The minimum atomic E-state index is 0.841. The fourth-order valence-corrected chi connectivity index (χ4v) is 4.84. The van der Waals surface area contributed by atoms with E-state index in [0.717, 1.165) is 11.2 Å². The summed E-state index contributed by atoms with van der Waals surface area (Å²) in [4.78, 5) is 0. The average molecular weight is 305 g/mol. The summed E-state index contributed by atoms with van der Waals surface area (Å²) in [6.07, 6.45) is 14.3. The smallest absolute Gasteiger partial charge is 0.0151 e. The zero-order valence-electron chi connectivity index (χ0n) is 13.7. The normalized spacial score (nSPS) is 13.1. The SMILES string of the molecule is CCCCCCC(CCCCCC)C(C)SSCC. The van der Waals surface area contributed by atoms with E-state index in [1.54, 1.807) is 0 Å². The molecule has 0 aromatic heterocycles. The third kappa shape index (κ3) is 12.2. The van der Waals surface area contributed by atoms with Gasteiger partial charge in [0.2, 0.25) is 0 Å². The first-order chi connectivity index (χ1) is 9.26. The minimum absolute atomic E-state index is 0.841. The van der Waals surface area contributed by atoms with Crippen LogP contribution in [0.15, 0.2) is 0 Å². The summed E-state index contributed by atoms with van der Waals surface area (Å²) in [6, 6.07) is 0. The molecule has 0 aromatic carbocycles. The van der Waals surface area contributed by atoms with Gasteiger partial charge in [-0.05, 0) is 18.8 Å².